The lowest BCUT2D eigenvalue weighted by Crippen LogP contribution is -2.70. The Morgan fingerprint density at radius 1 is 0.333 bits per heavy atom. The van der Waals surface area contributed by atoms with E-state index in [1.54, 1.807) is 0 Å². The number of nitriles is 6. The average Bonchev–Trinajstić information content (AvgIpc) is 2.43. The van der Waals surface area contributed by atoms with Crippen LogP contribution < -0.4 is 0 Å². The molecule has 1 rings (SSSR count). The summed E-state index contributed by atoms with van der Waals surface area (Å²) < 4.78 is 0. The topological polar surface area (TPSA) is 162 Å². The lowest BCUT2D eigenvalue weighted by molar-refractivity contribution is -0.402. The molecule has 0 aromatic heterocycles. The van der Waals surface area contributed by atoms with Gasteiger partial charge in [0.1, 0.15) is 0 Å². The van der Waals surface area contributed by atoms with Crippen LogP contribution in [-0.4, -0.2) is 30.7 Å². The third-order valence-corrected chi connectivity index (χ3v) is 1.61. The number of hydrogen-bond donors (Lipinski definition) is 0. The van der Waals surface area contributed by atoms with E-state index in [0.717, 1.165) is 0 Å². The predicted molar refractivity (Wildman–Crippen MR) is 44.7 cm³/mol. The standard InChI is InChI=1S/C6N12/c7-1-13-14(2-8)16(4-10)18(6-12)17(5-11)15(13)3-9. The van der Waals surface area contributed by atoms with Gasteiger partial charge in [0.2, 0.25) is 37.2 Å². The van der Waals surface area contributed by atoms with Crippen LogP contribution in [-0.2, 0) is 0 Å². The van der Waals surface area contributed by atoms with E-state index in [-0.39, 0.29) is 0 Å². The van der Waals surface area contributed by atoms with Crippen LogP contribution in [0, 0.1) is 68.7 Å². The van der Waals surface area contributed by atoms with Crippen LogP contribution in [0.25, 0.3) is 0 Å². The number of rotatable bonds is 0. The van der Waals surface area contributed by atoms with Gasteiger partial charge in [0.15, 0.2) is 0 Å². The lowest BCUT2D eigenvalue weighted by atomic mass is 11.0. The van der Waals surface area contributed by atoms with Crippen molar-refractivity contribution in [3.63, 3.8) is 0 Å². The van der Waals surface area contributed by atoms with Gasteiger partial charge in [-0.05, 0) is 0 Å². The van der Waals surface area contributed by atoms with Crippen LogP contribution in [0.5, 0.6) is 0 Å². The molecule has 0 saturated carbocycles. The smallest absolute Gasteiger partial charge is 0.169 e. The zero-order valence-electron chi connectivity index (χ0n) is 8.37. The van der Waals surface area contributed by atoms with E-state index in [2.05, 4.69) is 0 Å². The summed E-state index contributed by atoms with van der Waals surface area (Å²) in [6.45, 7) is 0. The summed E-state index contributed by atoms with van der Waals surface area (Å²) in [5.41, 5.74) is 0. The van der Waals surface area contributed by atoms with Crippen molar-refractivity contribution in [3.05, 3.63) is 0 Å². The summed E-state index contributed by atoms with van der Waals surface area (Å²) in [6.07, 6.45) is 8.39. The first-order valence-electron chi connectivity index (χ1n) is 3.88. The molecular formula is C6N12. The first-order chi connectivity index (χ1) is 8.69. The molecule has 0 spiro atoms. The average molecular weight is 240 g/mol. The van der Waals surface area contributed by atoms with Gasteiger partial charge in [-0.15, -0.1) is 0 Å². The van der Waals surface area contributed by atoms with E-state index in [1.807, 2.05) is 0 Å². The molecule has 0 N–H and O–H groups in total. The molecule has 84 valence electrons. The Bertz CT molecular complexity index is 429. The molecule has 0 atom stereocenters. The summed E-state index contributed by atoms with van der Waals surface area (Å²) in [5.74, 6) is 0. The Kier molecular flexibility index (Phi) is 2.96. The van der Waals surface area contributed by atoms with Crippen LogP contribution >= 0.6 is 0 Å². The first kappa shape index (κ1) is 11.8. The van der Waals surface area contributed by atoms with Gasteiger partial charge in [0.05, 0.1) is 0 Å². The molecular weight excluding hydrogens is 240 g/mol. The molecule has 0 aliphatic carbocycles. The van der Waals surface area contributed by atoms with E-state index in [9.17, 15) is 0 Å². The third kappa shape index (κ3) is 1.34. The molecule has 0 aromatic carbocycles. The SMILES string of the molecule is N#CN1N(C#N)N(C#N)N(C#N)N(C#N)N1C#N. The fraction of sp³-hybridized carbons (Fsp3) is 0. The molecule has 0 aromatic rings. The Balaban J connectivity index is 3.39. The highest BCUT2D eigenvalue weighted by atomic mass is 16.3. The Morgan fingerprint density at radius 2 is 0.444 bits per heavy atom. The number of hydrazine groups is 6. The van der Waals surface area contributed by atoms with Crippen molar-refractivity contribution >= 4 is 0 Å². The van der Waals surface area contributed by atoms with E-state index in [4.69, 9.17) is 31.6 Å². The van der Waals surface area contributed by atoms with E-state index >= 15 is 0 Å². The highest BCUT2D eigenvalue weighted by Crippen LogP contribution is 2.19. The maximum atomic E-state index is 8.80. The van der Waals surface area contributed by atoms with E-state index in [1.165, 1.54) is 37.2 Å². The van der Waals surface area contributed by atoms with Gasteiger partial charge in [0, 0.05) is 0 Å². The zero-order chi connectivity index (χ0) is 13.7. The van der Waals surface area contributed by atoms with Crippen LogP contribution in [0.2, 0.25) is 0 Å². The Hall–Kier alpha value is -4.26. The van der Waals surface area contributed by atoms with Crippen LogP contribution in [0.1, 0.15) is 0 Å². The lowest BCUT2D eigenvalue weighted by Gasteiger charge is -2.45. The van der Waals surface area contributed by atoms with Crippen molar-refractivity contribution in [2.75, 3.05) is 0 Å². The molecule has 1 fully saturated rings. The zero-order valence-corrected chi connectivity index (χ0v) is 8.37. The minimum Gasteiger partial charge on any atom is -0.169 e. The fourth-order valence-corrected chi connectivity index (χ4v) is 0.990. The normalized spacial score (nSPS) is 13.7. The van der Waals surface area contributed by atoms with Crippen molar-refractivity contribution in [1.82, 2.24) is 30.7 Å². The molecule has 1 aliphatic heterocycles. The third-order valence-electron chi connectivity index (χ3n) is 1.61. The van der Waals surface area contributed by atoms with Crippen molar-refractivity contribution in [3.8, 4) is 37.2 Å². The van der Waals surface area contributed by atoms with Crippen molar-refractivity contribution in [2.24, 2.45) is 0 Å². The van der Waals surface area contributed by atoms with Gasteiger partial charge in [-0.25, -0.2) is 0 Å². The maximum Gasteiger partial charge on any atom is 0.226 e. The molecule has 0 unspecified atom stereocenters. The van der Waals surface area contributed by atoms with E-state index in [0.29, 0.717) is 30.7 Å². The summed E-state index contributed by atoms with van der Waals surface area (Å²) in [4.78, 5) is 0. The van der Waals surface area contributed by atoms with Crippen molar-refractivity contribution in [1.29, 1.82) is 31.6 Å². The Labute approximate surface area is 100 Å². The highest BCUT2D eigenvalue weighted by molar-refractivity contribution is 4.93. The molecule has 1 saturated heterocycles. The minimum absolute atomic E-state index is 0.306. The molecule has 18 heavy (non-hydrogen) atoms. The monoisotopic (exact) mass is 240 g/mol. The van der Waals surface area contributed by atoms with Gasteiger partial charge < -0.3 is 0 Å². The van der Waals surface area contributed by atoms with Crippen molar-refractivity contribution < 1.29 is 0 Å². The van der Waals surface area contributed by atoms with Gasteiger partial charge in [-0.3, -0.25) is 0 Å². The summed E-state index contributed by atoms with van der Waals surface area (Å²) in [6, 6.07) is 0. The van der Waals surface area contributed by atoms with Crippen molar-refractivity contribution in [2.45, 2.75) is 0 Å². The van der Waals surface area contributed by atoms with Gasteiger partial charge >= 0.3 is 0 Å². The second-order valence-corrected chi connectivity index (χ2v) is 2.34. The van der Waals surface area contributed by atoms with Crippen LogP contribution in [0.3, 0.4) is 0 Å². The van der Waals surface area contributed by atoms with Crippen LogP contribution in [0.4, 0.5) is 0 Å². The van der Waals surface area contributed by atoms with Gasteiger partial charge in [-0.1, -0.05) is 30.7 Å². The summed E-state index contributed by atoms with van der Waals surface area (Å²) >= 11 is 0. The summed E-state index contributed by atoms with van der Waals surface area (Å²) in [7, 11) is 0. The molecule has 1 heterocycles. The molecule has 12 heteroatoms. The summed E-state index contributed by atoms with van der Waals surface area (Å²) in [5, 5.41) is 54.6. The highest BCUT2D eigenvalue weighted by Gasteiger charge is 2.43. The first-order valence-corrected chi connectivity index (χ1v) is 3.88. The second-order valence-electron chi connectivity index (χ2n) is 2.34. The minimum atomic E-state index is 0.306. The predicted octanol–water partition coefficient (Wildman–Crippen LogP) is -1.81. The number of nitrogens with zero attached hydrogens (tertiary/aromatic N) is 12. The number of hydrogen-bond acceptors (Lipinski definition) is 12. The quantitative estimate of drug-likeness (QED) is 0.436. The Morgan fingerprint density at radius 3 is 0.500 bits per heavy atom. The van der Waals surface area contributed by atoms with Crippen LogP contribution in [0.15, 0.2) is 0 Å². The van der Waals surface area contributed by atoms with Gasteiger partial charge in [-0.2, -0.15) is 31.6 Å². The molecule has 0 bridgehead atoms. The fourth-order valence-electron chi connectivity index (χ4n) is 0.990. The van der Waals surface area contributed by atoms with Gasteiger partial charge in [0.25, 0.3) is 0 Å². The second kappa shape index (κ2) is 4.51. The molecule has 12 nitrogen and oxygen atoms in total. The molecule has 1 aliphatic rings. The maximum absolute atomic E-state index is 8.80. The molecule has 0 radical (unpaired) electrons. The largest absolute Gasteiger partial charge is 0.226 e. The van der Waals surface area contributed by atoms with E-state index < -0.39 is 0 Å². The molecule has 0 amide bonds.